The first-order valence-corrected chi connectivity index (χ1v) is 12.8. The zero-order valence-corrected chi connectivity index (χ0v) is 17.7. The molecule has 0 heterocycles. The molecular weight excluding hydrogens is 308 g/mol. The molecule has 24 heavy (non-hydrogen) atoms. The standard InChI is InChI=1S/C22H38OSi/c1-14(2)24(15(3)4,16(5)6)23-21-17-8-7-9-18(21)20-11-10-19(17)22(20)12-13-22/h10-11,14-21H,7-9,12-13H2,1-6H3. The zero-order valence-electron chi connectivity index (χ0n) is 16.7. The average molecular weight is 347 g/mol. The summed E-state index contributed by atoms with van der Waals surface area (Å²) in [4.78, 5) is 0. The Morgan fingerprint density at radius 2 is 1.29 bits per heavy atom. The van der Waals surface area contributed by atoms with Crippen LogP contribution in [0.1, 0.15) is 73.6 Å². The Bertz CT molecular complexity index is 470. The van der Waals surface area contributed by atoms with Crippen molar-refractivity contribution in [3.63, 3.8) is 0 Å². The molecule has 0 aromatic heterocycles. The summed E-state index contributed by atoms with van der Waals surface area (Å²) < 4.78 is 7.43. The lowest BCUT2D eigenvalue weighted by Crippen LogP contribution is -2.58. The Morgan fingerprint density at radius 1 is 0.833 bits per heavy atom. The molecule has 0 radical (unpaired) electrons. The van der Waals surface area contributed by atoms with Crippen molar-refractivity contribution in [1.82, 2.24) is 0 Å². The number of hydrogen-bond acceptors (Lipinski definition) is 1. The van der Waals surface area contributed by atoms with Gasteiger partial charge in [0.05, 0.1) is 6.10 Å². The van der Waals surface area contributed by atoms with Crippen LogP contribution in [0.3, 0.4) is 0 Å². The van der Waals surface area contributed by atoms with Crippen molar-refractivity contribution in [2.75, 3.05) is 0 Å². The fourth-order valence-electron chi connectivity index (χ4n) is 7.62. The number of rotatable bonds is 5. The Morgan fingerprint density at radius 3 is 1.67 bits per heavy atom. The molecule has 3 saturated carbocycles. The molecule has 4 atom stereocenters. The summed E-state index contributed by atoms with van der Waals surface area (Å²) in [6.07, 6.45) is 13.1. The van der Waals surface area contributed by atoms with Crippen LogP contribution in [0.4, 0.5) is 0 Å². The summed E-state index contributed by atoms with van der Waals surface area (Å²) >= 11 is 0. The molecule has 4 unspecified atom stereocenters. The van der Waals surface area contributed by atoms with E-state index in [9.17, 15) is 0 Å². The maximum absolute atomic E-state index is 7.43. The van der Waals surface area contributed by atoms with Gasteiger partial charge in [-0.25, -0.2) is 0 Å². The van der Waals surface area contributed by atoms with Gasteiger partial charge in [0.15, 0.2) is 0 Å². The Hall–Kier alpha value is -0.0831. The topological polar surface area (TPSA) is 9.23 Å². The summed E-state index contributed by atoms with van der Waals surface area (Å²) in [5, 5.41) is 0. The van der Waals surface area contributed by atoms with Crippen LogP contribution in [0.25, 0.3) is 0 Å². The first-order chi connectivity index (χ1) is 11.3. The first kappa shape index (κ1) is 17.3. The maximum atomic E-state index is 7.43. The van der Waals surface area contributed by atoms with Crippen molar-refractivity contribution < 1.29 is 4.43 Å². The van der Waals surface area contributed by atoms with Gasteiger partial charge in [0, 0.05) is 0 Å². The fourth-order valence-corrected chi connectivity index (χ4v) is 13.3. The highest BCUT2D eigenvalue weighted by atomic mass is 28.4. The van der Waals surface area contributed by atoms with Gasteiger partial charge in [-0.3, -0.25) is 0 Å². The highest BCUT2D eigenvalue weighted by Gasteiger charge is 2.67. The van der Waals surface area contributed by atoms with E-state index >= 15 is 0 Å². The van der Waals surface area contributed by atoms with E-state index in [0.717, 1.165) is 23.7 Å². The van der Waals surface area contributed by atoms with E-state index in [4.69, 9.17) is 4.43 Å². The van der Waals surface area contributed by atoms with Crippen LogP contribution in [-0.4, -0.2) is 14.4 Å². The van der Waals surface area contributed by atoms with E-state index in [-0.39, 0.29) is 0 Å². The van der Waals surface area contributed by atoms with Crippen molar-refractivity contribution in [1.29, 1.82) is 0 Å². The second kappa shape index (κ2) is 5.71. The molecule has 1 nitrogen and oxygen atoms in total. The molecule has 4 rings (SSSR count). The molecule has 2 heteroatoms. The van der Waals surface area contributed by atoms with Crippen LogP contribution < -0.4 is 0 Å². The van der Waals surface area contributed by atoms with Crippen LogP contribution in [0.5, 0.6) is 0 Å². The van der Waals surface area contributed by atoms with Crippen molar-refractivity contribution in [3.05, 3.63) is 12.2 Å². The minimum Gasteiger partial charge on any atom is -0.413 e. The van der Waals surface area contributed by atoms with Gasteiger partial charge in [0.2, 0.25) is 8.32 Å². The van der Waals surface area contributed by atoms with E-state index in [1.165, 1.54) is 32.1 Å². The Balaban J connectivity index is 1.67. The molecule has 0 amide bonds. The number of hydrogen-bond donors (Lipinski definition) is 0. The average Bonchev–Trinajstić information content (AvgIpc) is 3.19. The third kappa shape index (κ3) is 2.14. The molecule has 1 spiro atoms. The fraction of sp³-hybridized carbons (Fsp3) is 0.909. The number of allylic oxidation sites excluding steroid dienone is 2. The van der Waals surface area contributed by atoms with Crippen LogP contribution in [-0.2, 0) is 4.43 Å². The molecule has 0 N–H and O–H groups in total. The third-order valence-electron chi connectivity index (χ3n) is 8.57. The molecule has 136 valence electrons. The molecule has 4 aliphatic rings. The molecule has 4 aliphatic carbocycles. The second-order valence-corrected chi connectivity index (χ2v) is 15.7. The lowest BCUT2D eigenvalue weighted by Gasteiger charge is -2.56. The van der Waals surface area contributed by atoms with Gasteiger partial charge in [-0.15, -0.1) is 0 Å². The van der Waals surface area contributed by atoms with Gasteiger partial charge in [-0.2, -0.15) is 0 Å². The van der Waals surface area contributed by atoms with Crippen molar-refractivity contribution in [2.45, 2.75) is 96.4 Å². The second-order valence-electron chi connectivity index (χ2n) is 10.3. The largest absolute Gasteiger partial charge is 0.413 e. The van der Waals surface area contributed by atoms with Crippen LogP contribution in [0.15, 0.2) is 12.2 Å². The van der Waals surface area contributed by atoms with E-state index < -0.39 is 8.32 Å². The first-order valence-electron chi connectivity index (χ1n) is 10.7. The van der Waals surface area contributed by atoms with E-state index in [2.05, 4.69) is 53.7 Å². The summed E-state index contributed by atoms with van der Waals surface area (Å²) in [6.45, 7) is 14.7. The maximum Gasteiger partial charge on any atom is 0.200 e. The summed E-state index contributed by atoms with van der Waals surface area (Å²) in [5.74, 6) is 3.35. The lowest BCUT2D eigenvalue weighted by atomic mass is 9.57. The van der Waals surface area contributed by atoms with Crippen molar-refractivity contribution in [2.24, 2.45) is 29.1 Å². The highest BCUT2D eigenvalue weighted by molar-refractivity contribution is 6.77. The van der Waals surface area contributed by atoms with Crippen LogP contribution in [0, 0.1) is 29.1 Å². The molecule has 0 aliphatic heterocycles. The van der Waals surface area contributed by atoms with E-state index in [1.54, 1.807) is 0 Å². The van der Waals surface area contributed by atoms with E-state index in [0.29, 0.717) is 28.1 Å². The van der Waals surface area contributed by atoms with Gasteiger partial charge in [-0.1, -0.05) is 60.1 Å². The molecular formula is C22H38OSi. The van der Waals surface area contributed by atoms with Gasteiger partial charge in [0.1, 0.15) is 0 Å². The molecule has 0 aromatic carbocycles. The minimum atomic E-state index is -1.77. The van der Waals surface area contributed by atoms with E-state index in [1.807, 2.05) is 0 Å². The van der Waals surface area contributed by atoms with Gasteiger partial charge in [0.25, 0.3) is 0 Å². The lowest BCUT2D eigenvalue weighted by molar-refractivity contribution is -0.0747. The van der Waals surface area contributed by atoms with Gasteiger partial charge >= 0.3 is 0 Å². The van der Waals surface area contributed by atoms with Crippen LogP contribution in [0.2, 0.25) is 16.6 Å². The summed E-state index contributed by atoms with van der Waals surface area (Å²) in [7, 11) is -1.77. The number of fused-ring (bicyclic) bond motifs is 4. The minimum absolute atomic E-state index is 0.564. The van der Waals surface area contributed by atoms with Gasteiger partial charge in [-0.05, 0) is 71.4 Å². The monoisotopic (exact) mass is 346 g/mol. The quantitative estimate of drug-likeness (QED) is 0.404. The summed E-state index contributed by atoms with van der Waals surface area (Å²) in [6, 6.07) is 0. The Labute approximate surface area is 150 Å². The SMILES string of the molecule is CC(C)[Si](OC1C2CCCC1C1C=CC2C12CC2)(C(C)C)C(C)C. The molecule has 0 aromatic rings. The smallest absolute Gasteiger partial charge is 0.200 e. The highest BCUT2D eigenvalue weighted by Crippen LogP contribution is 2.72. The predicted molar refractivity (Wildman–Crippen MR) is 105 cm³/mol. The third-order valence-corrected chi connectivity index (χ3v) is 14.7. The van der Waals surface area contributed by atoms with Gasteiger partial charge < -0.3 is 4.43 Å². The predicted octanol–water partition coefficient (Wildman–Crippen LogP) is 6.56. The van der Waals surface area contributed by atoms with Crippen molar-refractivity contribution >= 4 is 8.32 Å². The molecule has 4 bridgehead atoms. The molecule has 0 saturated heterocycles. The van der Waals surface area contributed by atoms with Crippen LogP contribution >= 0.6 is 0 Å². The Kier molecular flexibility index (Phi) is 4.12. The van der Waals surface area contributed by atoms with Crippen molar-refractivity contribution in [3.8, 4) is 0 Å². The normalized spacial score (nSPS) is 39.5. The zero-order chi connectivity index (χ0) is 17.3. The molecule has 3 fully saturated rings. The summed E-state index contributed by atoms with van der Waals surface area (Å²) in [5.41, 5.74) is 2.83.